The minimum Gasteiger partial charge on any atom is -0.478 e. The molecule has 0 aromatic heterocycles. The molecule has 1 aromatic carbocycles. The number of halogens is 1. The normalized spacial score (nSPS) is 19.9. The molecule has 1 heterocycles. The van der Waals surface area contributed by atoms with Crippen molar-refractivity contribution >= 4 is 33.5 Å². The van der Waals surface area contributed by atoms with E-state index < -0.39 is 11.4 Å². The van der Waals surface area contributed by atoms with Gasteiger partial charge in [0.05, 0.1) is 11.0 Å². The van der Waals surface area contributed by atoms with Gasteiger partial charge >= 0.3 is 5.97 Å². The third kappa shape index (κ3) is 1.43. The first kappa shape index (κ1) is 11.7. The monoisotopic (exact) mass is 309 g/mol. The zero-order chi connectivity index (χ0) is 12.9. The average Bonchev–Trinajstić information content (AvgIpc) is 2.87. The van der Waals surface area contributed by atoms with Crippen LogP contribution >= 0.6 is 15.9 Å². The number of aromatic carboxylic acids is 1. The van der Waals surface area contributed by atoms with E-state index in [0.717, 1.165) is 35.7 Å². The van der Waals surface area contributed by atoms with E-state index in [9.17, 15) is 9.59 Å². The molecule has 0 atom stereocenters. The van der Waals surface area contributed by atoms with E-state index in [4.69, 9.17) is 5.11 Å². The largest absolute Gasteiger partial charge is 0.478 e. The Balaban J connectivity index is 2.20. The van der Waals surface area contributed by atoms with Gasteiger partial charge in [-0.3, -0.25) is 4.79 Å². The predicted octanol–water partition coefficient (Wildman–Crippen LogP) is 2.91. The lowest BCUT2D eigenvalue weighted by molar-refractivity contribution is -0.120. The number of amides is 1. The van der Waals surface area contributed by atoms with Gasteiger partial charge in [-0.1, -0.05) is 28.8 Å². The summed E-state index contributed by atoms with van der Waals surface area (Å²) in [6.45, 7) is 0. The fourth-order valence-corrected chi connectivity index (χ4v) is 3.97. The van der Waals surface area contributed by atoms with Gasteiger partial charge in [-0.25, -0.2) is 4.79 Å². The third-order valence-corrected chi connectivity index (χ3v) is 4.58. The van der Waals surface area contributed by atoms with Crippen LogP contribution in [0.15, 0.2) is 16.6 Å². The molecule has 1 amide bonds. The first-order valence-corrected chi connectivity index (χ1v) is 6.73. The molecule has 2 N–H and O–H groups in total. The smallest absolute Gasteiger partial charge is 0.335 e. The Morgan fingerprint density at radius 2 is 2.00 bits per heavy atom. The molecule has 0 saturated heterocycles. The van der Waals surface area contributed by atoms with Gasteiger partial charge in [-0.05, 0) is 25.0 Å². The minimum atomic E-state index is -0.986. The maximum Gasteiger partial charge on any atom is 0.335 e. The number of carbonyl (C=O) groups is 2. The number of carboxylic acids is 1. The van der Waals surface area contributed by atoms with Gasteiger partial charge in [-0.2, -0.15) is 0 Å². The molecule has 0 bridgehead atoms. The summed E-state index contributed by atoms with van der Waals surface area (Å²) in [5, 5.41) is 11.9. The van der Waals surface area contributed by atoms with Crippen LogP contribution in [-0.4, -0.2) is 17.0 Å². The van der Waals surface area contributed by atoms with Crippen LogP contribution < -0.4 is 5.32 Å². The zero-order valence-corrected chi connectivity index (χ0v) is 11.2. The number of hydrogen-bond acceptors (Lipinski definition) is 2. The van der Waals surface area contributed by atoms with Crippen LogP contribution in [0.1, 0.15) is 41.6 Å². The molecule has 1 aromatic rings. The number of fused-ring (bicyclic) bond motifs is 2. The molecule has 2 aliphatic rings. The summed E-state index contributed by atoms with van der Waals surface area (Å²) in [6.07, 6.45) is 3.77. The van der Waals surface area contributed by atoms with Gasteiger partial charge < -0.3 is 10.4 Å². The van der Waals surface area contributed by atoms with Crippen LogP contribution in [0.3, 0.4) is 0 Å². The summed E-state index contributed by atoms with van der Waals surface area (Å²) in [7, 11) is 0. The highest BCUT2D eigenvalue weighted by molar-refractivity contribution is 9.10. The molecule has 0 unspecified atom stereocenters. The Hall–Kier alpha value is -1.36. The lowest BCUT2D eigenvalue weighted by atomic mass is 9.80. The number of carboxylic acid groups (broad SMARTS) is 1. The second kappa shape index (κ2) is 3.82. The highest BCUT2D eigenvalue weighted by Crippen LogP contribution is 2.51. The molecule has 1 aliphatic heterocycles. The predicted molar refractivity (Wildman–Crippen MR) is 69.9 cm³/mol. The van der Waals surface area contributed by atoms with Gasteiger partial charge in [0, 0.05) is 15.7 Å². The Kier molecular flexibility index (Phi) is 2.48. The first-order valence-electron chi connectivity index (χ1n) is 5.93. The fourth-order valence-electron chi connectivity index (χ4n) is 3.13. The van der Waals surface area contributed by atoms with Crippen LogP contribution in [0, 0.1) is 0 Å². The number of nitrogens with one attached hydrogen (secondary N) is 1. The summed E-state index contributed by atoms with van der Waals surface area (Å²) in [5.74, 6) is -0.974. The Bertz CT molecular complexity index is 562. The van der Waals surface area contributed by atoms with Crippen LogP contribution in [-0.2, 0) is 10.2 Å². The molecule has 0 radical (unpaired) electrons. The van der Waals surface area contributed by atoms with E-state index in [1.807, 2.05) is 0 Å². The second-order valence-corrected chi connectivity index (χ2v) is 5.78. The van der Waals surface area contributed by atoms with Crippen molar-refractivity contribution < 1.29 is 14.7 Å². The standard InChI is InChI=1S/C13H12BrNO3/c14-8-5-7(11(16)17)6-9-10(8)13(12(18)15-9)3-1-2-4-13/h5-6H,1-4H2,(H,15,18)(H,16,17). The van der Waals surface area contributed by atoms with Crippen molar-refractivity contribution in [3.05, 3.63) is 27.7 Å². The highest BCUT2D eigenvalue weighted by atomic mass is 79.9. The van der Waals surface area contributed by atoms with Crippen molar-refractivity contribution in [1.82, 2.24) is 0 Å². The first-order chi connectivity index (χ1) is 8.54. The quantitative estimate of drug-likeness (QED) is 0.838. The molecule has 1 fully saturated rings. The lowest BCUT2D eigenvalue weighted by Gasteiger charge is -2.21. The van der Waals surface area contributed by atoms with Gasteiger partial charge in [0.15, 0.2) is 0 Å². The lowest BCUT2D eigenvalue weighted by Crippen LogP contribution is -2.31. The van der Waals surface area contributed by atoms with Crippen molar-refractivity contribution in [2.24, 2.45) is 0 Å². The molecule has 4 nitrogen and oxygen atoms in total. The molecule has 1 saturated carbocycles. The van der Waals surface area contributed by atoms with Gasteiger partial charge in [0.25, 0.3) is 0 Å². The molecule has 18 heavy (non-hydrogen) atoms. The van der Waals surface area contributed by atoms with Crippen molar-refractivity contribution in [3.8, 4) is 0 Å². The molecule has 1 spiro atoms. The van der Waals surface area contributed by atoms with Crippen molar-refractivity contribution in [2.75, 3.05) is 5.32 Å². The Morgan fingerprint density at radius 3 is 2.61 bits per heavy atom. The SMILES string of the molecule is O=C(O)c1cc(Br)c2c(c1)NC(=O)C21CCCC1. The molecular formula is C13H12BrNO3. The summed E-state index contributed by atoms with van der Waals surface area (Å²) >= 11 is 3.42. The average molecular weight is 310 g/mol. The van der Waals surface area contributed by atoms with Gasteiger partial charge in [0.2, 0.25) is 5.91 Å². The molecule has 3 rings (SSSR count). The maximum atomic E-state index is 12.2. The number of benzene rings is 1. The van der Waals surface area contributed by atoms with E-state index in [0.29, 0.717) is 5.69 Å². The van der Waals surface area contributed by atoms with E-state index in [-0.39, 0.29) is 11.5 Å². The second-order valence-electron chi connectivity index (χ2n) is 4.93. The van der Waals surface area contributed by atoms with Crippen molar-refractivity contribution in [2.45, 2.75) is 31.1 Å². The molecule has 1 aliphatic carbocycles. The molecule has 5 heteroatoms. The zero-order valence-electron chi connectivity index (χ0n) is 9.62. The fraction of sp³-hybridized carbons (Fsp3) is 0.385. The summed E-state index contributed by atoms with van der Waals surface area (Å²) < 4.78 is 0.720. The van der Waals surface area contributed by atoms with Crippen LogP contribution in [0.4, 0.5) is 5.69 Å². The van der Waals surface area contributed by atoms with Crippen LogP contribution in [0.5, 0.6) is 0 Å². The van der Waals surface area contributed by atoms with Crippen LogP contribution in [0.2, 0.25) is 0 Å². The Labute approximate surface area is 113 Å². The van der Waals surface area contributed by atoms with Crippen molar-refractivity contribution in [1.29, 1.82) is 0 Å². The van der Waals surface area contributed by atoms with E-state index >= 15 is 0 Å². The minimum absolute atomic E-state index is 0.0123. The Morgan fingerprint density at radius 1 is 1.33 bits per heavy atom. The third-order valence-electron chi connectivity index (χ3n) is 3.96. The topological polar surface area (TPSA) is 66.4 Å². The molecular weight excluding hydrogens is 298 g/mol. The van der Waals surface area contributed by atoms with E-state index in [2.05, 4.69) is 21.2 Å². The number of carbonyl (C=O) groups excluding carboxylic acids is 1. The maximum absolute atomic E-state index is 12.2. The number of anilines is 1. The van der Waals surface area contributed by atoms with Gasteiger partial charge in [-0.15, -0.1) is 0 Å². The van der Waals surface area contributed by atoms with Gasteiger partial charge in [0.1, 0.15) is 0 Å². The number of rotatable bonds is 1. The summed E-state index contributed by atoms with van der Waals surface area (Å²) in [4.78, 5) is 23.2. The van der Waals surface area contributed by atoms with E-state index in [1.54, 1.807) is 12.1 Å². The summed E-state index contributed by atoms with van der Waals surface area (Å²) in [6, 6.07) is 3.13. The van der Waals surface area contributed by atoms with Crippen LogP contribution in [0.25, 0.3) is 0 Å². The molecule has 94 valence electrons. The number of hydrogen-bond donors (Lipinski definition) is 2. The van der Waals surface area contributed by atoms with E-state index in [1.165, 1.54) is 0 Å². The van der Waals surface area contributed by atoms with Crippen molar-refractivity contribution in [3.63, 3.8) is 0 Å². The highest BCUT2D eigenvalue weighted by Gasteiger charge is 2.49. The summed E-state index contributed by atoms with van der Waals surface area (Å²) in [5.41, 5.74) is 1.34.